The van der Waals surface area contributed by atoms with Crippen LogP contribution in [0.15, 0.2) is 18.2 Å². The molecule has 0 fully saturated rings. The molecular formula is C11H15NO6S. The SMILES string of the molecule is Nc1ccc(OCCCCS(=O)(=O)O)cc1C(=O)O. The van der Waals surface area contributed by atoms with Crippen LogP contribution in [0.1, 0.15) is 23.2 Å². The fraction of sp³-hybridized carbons (Fsp3) is 0.364. The second kappa shape index (κ2) is 6.39. The Morgan fingerprint density at radius 1 is 1.32 bits per heavy atom. The Hall–Kier alpha value is -1.80. The summed E-state index contributed by atoms with van der Waals surface area (Å²) in [6.45, 7) is 0.221. The number of aromatic carboxylic acids is 1. The number of unbranched alkanes of at least 4 members (excludes halogenated alkanes) is 1. The molecule has 0 saturated carbocycles. The van der Waals surface area contributed by atoms with Gasteiger partial charge in [-0.15, -0.1) is 0 Å². The summed E-state index contributed by atoms with van der Waals surface area (Å²) in [5.74, 6) is -1.12. The molecule has 1 aromatic rings. The summed E-state index contributed by atoms with van der Waals surface area (Å²) in [4.78, 5) is 10.8. The van der Waals surface area contributed by atoms with E-state index >= 15 is 0 Å². The molecule has 0 unspecified atom stereocenters. The number of carboxylic acids is 1. The third-order valence-electron chi connectivity index (χ3n) is 2.32. The Kier molecular flexibility index (Phi) is 5.13. The molecule has 0 saturated heterocycles. The lowest BCUT2D eigenvalue weighted by Crippen LogP contribution is -2.07. The van der Waals surface area contributed by atoms with E-state index in [0.29, 0.717) is 12.2 Å². The highest BCUT2D eigenvalue weighted by atomic mass is 32.2. The van der Waals surface area contributed by atoms with Crippen molar-refractivity contribution in [1.29, 1.82) is 0 Å². The maximum atomic E-state index is 10.8. The van der Waals surface area contributed by atoms with Crippen molar-refractivity contribution in [2.75, 3.05) is 18.1 Å². The van der Waals surface area contributed by atoms with E-state index < -0.39 is 16.1 Å². The van der Waals surface area contributed by atoms with Gasteiger partial charge in [-0.2, -0.15) is 8.42 Å². The number of hydrogen-bond acceptors (Lipinski definition) is 5. The first-order valence-electron chi connectivity index (χ1n) is 5.50. The normalized spacial score (nSPS) is 11.2. The molecule has 0 aliphatic carbocycles. The molecule has 0 aliphatic rings. The molecule has 4 N–H and O–H groups in total. The van der Waals surface area contributed by atoms with Crippen LogP contribution in [0.25, 0.3) is 0 Å². The van der Waals surface area contributed by atoms with Gasteiger partial charge in [0, 0.05) is 5.69 Å². The van der Waals surface area contributed by atoms with Crippen molar-refractivity contribution < 1.29 is 27.6 Å². The summed E-state index contributed by atoms with van der Waals surface area (Å²) in [6.07, 6.45) is 0.687. The first kappa shape index (κ1) is 15.3. The molecule has 0 bridgehead atoms. The predicted molar refractivity (Wildman–Crippen MR) is 69.0 cm³/mol. The topological polar surface area (TPSA) is 127 Å². The van der Waals surface area contributed by atoms with Gasteiger partial charge in [0.1, 0.15) is 5.75 Å². The van der Waals surface area contributed by atoms with Crippen molar-refractivity contribution in [3.63, 3.8) is 0 Å². The van der Waals surface area contributed by atoms with Crippen LogP contribution in [0.4, 0.5) is 5.69 Å². The van der Waals surface area contributed by atoms with Gasteiger partial charge >= 0.3 is 5.97 Å². The van der Waals surface area contributed by atoms with Crippen LogP contribution in [0.5, 0.6) is 5.75 Å². The first-order chi connectivity index (χ1) is 8.79. The molecule has 7 nitrogen and oxygen atoms in total. The van der Waals surface area contributed by atoms with Crippen molar-refractivity contribution in [1.82, 2.24) is 0 Å². The zero-order valence-electron chi connectivity index (χ0n) is 10.1. The molecule has 1 rings (SSSR count). The Morgan fingerprint density at radius 2 is 2.00 bits per heavy atom. The molecule has 8 heteroatoms. The number of ether oxygens (including phenoxy) is 1. The largest absolute Gasteiger partial charge is 0.494 e. The maximum Gasteiger partial charge on any atom is 0.337 e. The van der Waals surface area contributed by atoms with Gasteiger partial charge in [0.25, 0.3) is 10.1 Å². The standard InChI is InChI=1S/C11H15NO6S/c12-10-4-3-8(7-9(10)11(13)14)18-5-1-2-6-19(15,16)17/h3-4,7H,1-2,5-6,12H2,(H,13,14)(H,15,16,17). The van der Waals surface area contributed by atoms with Gasteiger partial charge in [0.15, 0.2) is 0 Å². The van der Waals surface area contributed by atoms with Gasteiger partial charge in [0.2, 0.25) is 0 Å². The number of anilines is 1. The summed E-state index contributed by atoms with van der Waals surface area (Å²) in [5.41, 5.74) is 5.58. The molecule has 0 radical (unpaired) electrons. The van der Waals surface area contributed by atoms with Gasteiger partial charge in [-0.05, 0) is 31.0 Å². The van der Waals surface area contributed by atoms with Crippen LogP contribution in [0.3, 0.4) is 0 Å². The molecule has 0 amide bonds. The number of nitrogens with two attached hydrogens (primary N) is 1. The highest BCUT2D eigenvalue weighted by Crippen LogP contribution is 2.19. The van der Waals surface area contributed by atoms with E-state index in [2.05, 4.69) is 0 Å². The highest BCUT2D eigenvalue weighted by Gasteiger charge is 2.09. The Labute approximate surface area is 110 Å². The molecule has 106 valence electrons. The average molecular weight is 289 g/mol. The van der Waals surface area contributed by atoms with Gasteiger partial charge in [-0.1, -0.05) is 0 Å². The zero-order valence-corrected chi connectivity index (χ0v) is 10.9. The number of nitrogen functional groups attached to an aromatic ring is 1. The van der Waals surface area contributed by atoms with E-state index in [1.807, 2.05) is 0 Å². The smallest absolute Gasteiger partial charge is 0.337 e. The summed E-state index contributed by atoms with van der Waals surface area (Å²) in [5, 5.41) is 8.86. The monoisotopic (exact) mass is 289 g/mol. The van der Waals surface area contributed by atoms with Gasteiger partial charge < -0.3 is 15.6 Å². The van der Waals surface area contributed by atoms with E-state index in [1.54, 1.807) is 0 Å². The third-order valence-corrected chi connectivity index (χ3v) is 3.13. The summed E-state index contributed by atoms with van der Waals surface area (Å²) >= 11 is 0. The second-order valence-electron chi connectivity index (χ2n) is 3.90. The molecule has 0 aromatic heterocycles. The van der Waals surface area contributed by atoms with Crippen LogP contribution in [0, 0.1) is 0 Å². The summed E-state index contributed by atoms with van der Waals surface area (Å²) in [7, 11) is -3.94. The highest BCUT2D eigenvalue weighted by molar-refractivity contribution is 7.85. The zero-order chi connectivity index (χ0) is 14.5. The van der Waals surface area contributed by atoms with Gasteiger partial charge in [-0.3, -0.25) is 4.55 Å². The van der Waals surface area contributed by atoms with Crippen molar-refractivity contribution >= 4 is 21.8 Å². The molecule has 0 aliphatic heterocycles. The molecule has 0 atom stereocenters. The number of carboxylic acid groups (broad SMARTS) is 1. The van der Waals surface area contributed by atoms with Crippen molar-refractivity contribution in [3.8, 4) is 5.75 Å². The minimum absolute atomic E-state index is 0.0459. The van der Waals surface area contributed by atoms with Gasteiger partial charge in [-0.25, -0.2) is 4.79 Å². The van der Waals surface area contributed by atoms with Crippen molar-refractivity contribution in [2.45, 2.75) is 12.8 Å². The lowest BCUT2D eigenvalue weighted by atomic mass is 10.2. The van der Waals surface area contributed by atoms with E-state index in [4.69, 9.17) is 20.1 Å². The summed E-state index contributed by atoms with van der Waals surface area (Å²) < 4.78 is 34.7. The van der Waals surface area contributed by atoms with E-state index in [1.165, 1.54) is 18.2 Å². The number of carbonyl (C=O) groups is 1. The van der Waals surface area contributed by atoms with Crippen LogP contribution < -0.4 is 10.5 Å². The second-order valence-corrected chi connectivity index (χ2v) is 5.47. The Bertz CT molecular complexity index is 554. The number of benzene rings is 1. The molecule has 1 aromatic carbocycles. The Balaban J connectivity index is 2.46. The fourth-order valence-corrected chi connectivity index (χ4v) is 1.96. The van der Waals surface area contributed by atoms with E-state index in [-0.39, 0.29) is 30.0 Å². The summed E-state index contributed by atoms with van der Waals surface area (Å²) in [6, 6.07) is 4.27. The first-order valence-corrected chi connectivity index (χ1v) is 7.11. The number of rotatable bonds is 7. The third kappa shape index (κ3) is 5.58. The van der Waals surface area contributed by atoms with E-state index in [9.17, 15) is 13.2 Å². The van der Waals surface area contributed by atoms with Crippen molar-refractivity contribution in [2.24, 2.45) is 0 Å². The molecule has 0 spiro atoms. The van der Waals surface area contributed by atoms with Crippen molar-refractivity contribution in [3.05, 3.63) is 23.8 Å². The van der Waals surface area contributed by atoms with Crippen LogP contribution in [-0.2, 0) is 10.1 Å². The predicted octanol–water partition coefficient (Wildman–Crippen LogP) is 1.01. The average Bonchev–Trinajstić information content (AvgIpc) is 2.29. The molecular weight excluding hydrogens is 274 g/mol. The van der Waals surface area contributed by atoms with Crippen LogP contribution in [0.2, 0.25) is 0 Å². The molecule has 19 heavy (non-hydrogen) atoms. The number of hydrogen-bond donors (Lipinski definition) is 3. The minimum atomic E-state index is -3.94. The molecule has 0 heterocycles. The quantitative estimate of drug-likeness (QED) is 0.388. The lowest BCUT2D eigenvalue weighted by molar-refractivity contribution is 0.0697. The van der Waals surface area contributed by atoms with E-state index in [0.717, 1.165) is 0 Å². The Morgan fingerprint density at radius 3 is 2.58 bits per heavy atom. The van der Waals surface area contributed by atoms with Gasteiger partial charge in [0.05, 0.1) is 17.9 Å². The van der Waals surface area contributed by atoms with Crippen LogP contribution in [-0.4, -0.2) is 36.4 Å². The maximum absolute atomic E-state index is 10.8. The lowest BCUT2D eigenvalue weighted by Gasteiger charge is -2.08. The van der Waals surface area contributed by atoms with Crippen LogP contribution >= 0.6 is 0 Å². The minimum Gasteiger partial charge on any atom is -0.494 e. The fourth-order valence-electron chi connectivity index (χ4n) is 1.39.